The Morgan fingerprint density at radius 3 is 1.93 bits per heavy atom. The van der Waals surface area contributed by atoms with Crippen LogP contribution in [0.3, 0.4) is 0 Å². The first kappa shape index (κ1) is 32.5. The third-order valence-electron chi connectivity index (χ3n) is 6.27. The van der Waals surface area contributed by atoms with E-state index in [0.29, 0.717) is 17.9 Å². The van der Waals surface area contributed by atoms with E-state index in [1.165, 1.54) is 41.3 Å². The number of sulfonamides is 1. The van der Waals surface area contributed by atoms with Crippen molar-refractivity contribution in [1.29, 1.82) is 0 Å². The molecule has 0 bridgehead atoms. The molecule has 0 fully saturated rings. The summed E-state index contributed by atoms with van der Waals surface area (Å²) >= 11 is 0. The summed E-state index contributed by atoms with van der Waals surface area (Å²) in [5.74, 6) is -1.63. The van der Waals surface area contributed by atoms with Crippen LogP contribution in [0.4, 0.5) is 14.5 Å². The number of ether oxygens (including phenoxy) is 1. The van der Waals surface area contributed by atoms with Crippen LogP contribution in [0.15, 0.2) is 77.7 Å². The average molecular weight is 602 g/mol. The molecule has 0 spiro atoms. The summed E-state index contributed by atoms with van der Waals surface area (Å²) in [6.45, 7) is 8.68. The van der Waals surface area contributed by atoms with Crippen LogP contribution in [-0.4, -0.2) is 49.9 Å². The largest absolute Gasteiger partial charge is 0.494 e. The minimum absolute atomic E-state index is 0.0666. The molecule has 0 unspecified atom stereocenters. The molecule has 226 valence electrons. The number of anilines is 1. The van der Waals surface area contributed by atoms with Gasteiger partial charge in [0.15, 0.2) is 0 Å². The van der Waals surface area contributed by atoms with E-state index in [1.807, 2.05) is 27.7 Å². The molecule has 3 aromatic carbocycles. The predicted molar refractivity (Wildman–Crippen MR) is 157 cm³/mol. The first-order valence-electron chi connectivity index (χ1n) is 13.6. The Balaban J connectivity index is 2.07. The lowest BCUT2D eigenvalue weighted by molar-refractivity contribution is -0.141. The van der Waals surface area contributed by atoms with Gasteiger partial charge in [0.2, 0.25) is 11.8 Å². The van der Waals surface area contributed by atoms with Crippen molar-refractivity contribution in [3.05, 3.63) is 90.0 Å². The van der Waals surface area contributed by atoms with Crippen LogP contribution >= 0.6 is 0 Å². The zero-order valence-electron chi connectivity index (χ0n) is 24.4. The van der Waals surface area contributed by atoms with Gasteiger partial charge in [-0.1, -0.05) is 19.1 Å². The predicted octanol–water partition coefficient (Wildman–Crippen LogP) is 5.28. The highest BCUT2D eigenvalue weighted by Crippen LogP contribution is 2.27. The molecule has 2 amide bonds. The second-order valence-corrected chi connectivity index (χ2v) is 12.6. The third-order valence-corrected chi connectivity index (χ3v) is 8.05. The zero-order chi connectivity index (χ0) is 31.1. The Kier molecular flexibility index (Phi) is 10.7. The molecular weight excluding hydrogens is 564 g/mol. The van der Waals surface area contributed by atoms with Crippen molar-refractivity contribution >= 4 is 27.5 Å². The summed E-state index contributed by atoms with van der Waals surface area (Å²) < 4.78 is 61.4. The fourth-order valence-electron chi connectivity index (χ4n) is 4.30. The number of carbonyl (C=O) groups is 2. The van der Waals surface area contributed by atoms with Crippen LogP contribution in [-0.2, 0) is 26.2 Å². The SMILES string of the molecule is CCOc1ccc(N(CC(=O)N(Cc2ccc(F)cc2)[C@H](CC)C(=O)NC(C)(C)C)S(=O)(=O)c2ccc(F)cc2)cc1. The van der Waals surface area contributed by atoms with Gasteiger partial charge in [-0.3, -0.25) is 13.9 Å². The highest BCUT2D eigenvalue weighted by atomic mass is 32.2. The van der Waals surface area contributed by atoms with Crippen molar-refractivity contribution in [2.24, 2.45) is 0 Å². The molecule has 0 saturated carbocycles. The van der Waals surface area contributed by atoms with Gasteiger partial charge in [0, 0.05) is 12.1 Å². The van der Waals surface area contributed by atoms with Gasteiger partial charge in [0.1, 0.15) is 30.0 Å². The van der Waals surface area contributed by atoms with Gasteiger partial charge in [-0.05, 0) is 100 Å². The van der Waals surface area contributed by atoms with Crippen LogP contribution < -0.4 is 14.4 Å². The fraction of sp³-hybridized carbons (Fsp3) is 0.355. The molecule has 0 aliphatic heterocycles. The lowest BCUT2D eigenvalue weighted by atomic mass is 10.1. The van der Waals surface area contributed by atoms with Crippen molar-refractivity contribution in [3.63, 3.8) is 0 Å². The third kappa shape index (κ3) is 8.51. The number of hydrogen-bond donors (Lipinski definition) is 1. The van der Waals surface area contributed by atoms with Gasteiger partial charge in [-0.25, -0.2) is 17.2 Å². The van der Waals surface area contributed by atoms with Gasteiger partial charge in [-0.2, -0.15) is 0 Å². The van der Waals surface area contributed by atoms with Gasteiger partial charge >= 0.3 is 0 Å². The molecule has 8 nitrogen and oxygen atoms in total. The number of amides is 2. The Morgan fingerprint density at radius 1 is 0.881 bits per heavy atom. The Bertz CT molecular complexity index is 1460. The van der Waals surface area contributed by atoms with Crippen LogP contribution in [0.25, 0.3) is 0 Å². The standard InChI is InChI=1S/C31H37F2N3O5S/c1-6-28(30(38)34-31(3,4)5)35(20-22-8-10-23(32)11-9-22)29(37)21-36(25-14-16-26(17-15-25)41-7-2)42(39,40)27-18-12-24(33)13-19-27/h8-19,28H,6-7,20-21H2,1-5H3,(H,34,38)/t28-/m1/s1. The smallest absolute Gasteiger partial charge is 0.264 e. The first-order chi connectivity index (χ1) is 19.7. The average Bonchev–Trinajstić information content (AvgIpc) is 2.92. The van der Waals surface area contributed by atoms with E-state index in [-0.39, 0.29) is 23.5 Å². The molecule has 3 rings (SSSR count). The number of hydrogen-bond acceptors (Lipinski definition) is 5. The van der Waals surface area contributed by atoms with E-state index in [9.17, 15) is 26.8 Å². The number of halogens is 2. The van der Waals surface area contributed by atoms with Gasteiger partial charge in [0.05, 0.1) is 17.2 Å². The van der Waals surface area contributed by atoms with E-state index in [1.54, 1.807) is 19.1 Å². The van der Waals surface area contributed by atoms with Gasteiger partial charge < -0.3 is 15.0 Å². The maximum absolute atomic E-state index is 14.1. The monoisotopic (exact) mass is 601 g/mol. The maximum atomic E-state index is 14.1. The van der Waals surface area contributed by atoms with Crippen molar-refractivity contribution in [2.45, 2.75) is 64.1 Å². The summed E-state index contributed by atoms with van der Waals surface area (Å²) in [6.07, 6.45) is 0.239. The molecule has 0 aliphatic rings. The van der Waals surface area contributed by atoms with E-state index < -0.39 is 51.6 Å². The Labute approximate surface area is 246 Å². The fourth-order valence-corrected chi connectivity index (χ4v) is 5.71. The van der Waals surface area contributed by atoms with Crippen molar-refractivity contribution < 1.29 is 31.5 Å². The molecule has 0 radical (unpaired) electrons. The number of carbonyl (C=O) groups excluding carboxylic acids is 2. The Morgan fingerprint density at radius 2 is 1.43 bits per heavy atom. The van der Waals surface area contributed by atoms with E-state index in [4.69, 9.17) is 4.74 Å². The normalized spacial score (nSPS) is 12.4. The quantitative estimate of drug-likeness (QED) is 0.305. The van der Waals surface area contributed by atoms with Gasteiger partial charge in [0.25, 0.3) is 10.0 Å². The van der Waals surface area contributed by atoms with Crippen molar-refractivity contribution in [2.75, 3.05) is 17.5 Å². The number of nitrogens with one attached hydrogen (secondary N) is 1. The van der Waals surface area contributed by atoms with Crippen molar-refractivity contribution in [3.8, 4) is 5.75 Å². The molecule has 0 heterocycles. The van der Waals surface area contributed by atoms with Crippen molar-refractivity contribution in [1.82, 2.24) is 10.2 Å². The number of benzene rings is 3. The first-order valence-corrected chi connectivity index (χ1v) is 15.1. The topological polar surface area (TPSA) is 96.0 Å². The summed E-state index contributed by atoms with van der Waals surface area (Å²) in [6, 6.07) is 15.0. The molecule has 0 aliphatic carbocycles. The second kappa shape index (κ2) is 13.8. The minimum atomic E-state index is -4.36. The molecule has 0 saturated heterocycles. The van der Waals surface area contributed by atoms with Crippen LogP contribution in [0, 0.1) is 11.6 Å². The zero-order valence-corrected chi connectivity index (χ0v) is 25.3. The molecule has 0 aromatic heterocycles. The van der Waals surface area contributed by atoms with Crippen LogP contribution in [0.5, 0.6) is 5.75 Å². The maximum Gasteiger partial charge on any atom is 0.264 e. The molecule has 1 atom stereocenters. The summed E-state index contributed by atoms with van der Waals surface area (Å²) in [5, 5.41) is 2.89. The molecular formula is C31H37F2N3O5S. The van der Waals surface area contributed by atoms with E-state index in [2.05, 4.69) is 5.32 Å². The molecule has 3 aromatic rings. The second-order valence-electron chi connectivity index (χ2n) is 10.7. The lowest BCUT2D eigenvalue weighted by Gasteiger charge is -2.34. The van der Waals surface area contributed by atoms with Gasteiger partial charge in [-0.15, -0.1) is 0 Å². The highest BCUT2D eigenvalue weighted by Gasteiger charge is 2.34. The van der Waals surface area contributed by atoms with Crippen LogP contribution in [0.2, 0.25) is 0 Å². The minimum Gasteiger partial charge on any atom is -0.494 e. The summed E-state index contributed by atoms with van der Waals surface area (Å²) in [5.41, 5.74) is 0.140. The number of rotatable bonds is 12. The Hall–Kier alpha value is -3.99. The summed E-state index contributed by atoms with van der Waals surface area (Å²) in [4.78, 5) is 28.5. The van der Waals surface area contributed by atoms with E-state index >= 15 is 0 Å². The molecule has 1 N–H and O–H groups in total. The number of nitrogens with zero attached hydrogens (tertiary/aromatic N) is 2. The van der Waals surface area contributed by atoms with E-state index in [0.717, 1.165) is 28.6 Å². The molecule has 11 heteroatoms. The summed E-state index contributed by atoms with van der Waals surface area (Å²) in [7, 11) is -4.36. The van der Waals surface area contributed by atoms with Crippen LogP contribution in [0.1, 0.15) is 46.6 Å². The molecule has 42 heavy (non-hydrogen) atoms. The highest BCUT2D eigenvalue weighted by molar-refractivity contribution is 7.92. The lowest BCUT2D eigenvalue weighted by Crippen LogP contribution is -2.55.